The SMILES string of the molecule is C=CCOc1ccc(CC(C)(C2=N[C@@H](c3ccccc3)CO2)C2=N[C@@H](c3ccccc3)CO2)cc1. The number of rotatable bonds is 9. The summed E-state index contributed by atoms with van der Waals surface area (Å²) in [5, 5.41) is 0. The maximum atomic E-state index is 6.24. The van der Waals surface area contributed by atoms with Crippen molar-refractivity contribution in [3.63, 3.8) is 0 Å². The van der Waals surface area contributed by atoms with Gasteiger partial charge < -0.3 is 14.2 Å². The second kappa shape index (κ2) is 10.2. The van der Waals surface area contributed by atoms with Crippen molar-refractivity contribution in [3.05, 3.63) is 114 Å². The quantitative estimate of drug-likeness (QED) is 0.356. The molecule has 35 heavy (non-hydrogen) atoms. The molecular formula is C30H30N2O3. The number of aliphatic imine (C=N–C) groups is 2. The molecule has 5 heteroatoms. The van der Waals surface area contributed by atoms with Gasteiger partial charge in [-0.3, -0.25) is 0 Å². The zero-order valence-corrected chi connectivity index (χ0v) is 20.0. The molecule has 178 valence electrons. The summed E-state index contributed by atoms with van der Waals surface area (Å²) in [6.07, 6.45) is 2.39. The summed E-state index contributed by atoms with van der Waals surface area (Å²) in [5.74, 6) is 2.16. The Labute approximate surface area is 206 Å². The van der Waals surface area contributed by atoms with E-state index in [1.807, 2.05) is 48.5 Å². The smallest absolute Gasteiger partial charge is 0.200 e. The molecule has 0 saturated heterocycles. The summed E-state index contributed by atoms with van der Waals surface area (Å²) in [6.45, 7) is 7.33. The van der Waals surface area contributed by atoms with Crippen molar-refractivity contribution in [1.29, 1.82) is 0 Å². The van der Waals surface area contributed by atoms with Gasteiger partial charge in [0.25, 0.3) is 0 Å². The van der Waals surface area contributed by atoms with E-state index < -0.39 is 5.41 Å². The van der Waals surface area contributed by atoms with E-state index in [1.165, 1.54) is 0 Å². The molecule has 2 atom stereocenters. The summed E-state index contributed by atoms with van der Waals surface area (Å²) in [4.78, 5) is 10.0. The van der Waals surface area contributed by atoms with Crippen LogP contribution < -0.4 is 4.74 Å². The minimum Gasteiger partial charge on any atom is -0.490 e. The Balaban J connectivity index is 1.46. The minimum atomic E-state index is -0.628. The molecule has 2 aliphatic heterocycles. The third kappa shape index (κ3) is 4.99. The van der Waals surface area contributed by atoms with E-state index in [0.29, 0.717) is 38.0 Å². The lowest BCUT2D eigenvalue weighted by molar-refractivity contribution is 0.257. The van der Waals surface area contributed by atoms with Gasteiger partial charge in [-0.05, 0) is 42.2 Å². The Morgan fingerprint density at radius 3 is 1.83 bits per heavy atom. The summed E-state index contributed by atoms with van der Waals surface area (Å²) in [6, 6.07) is 28.6. The number of hydrogen-bond donors (Lipinski definition) is 0. The molecule has 0 aromatic heterocycles. The van der Waals surface area contributed by atoms with E-state index in [4.69, 9.17) is 24.2 Å². The lowest BCUT2D eigenvalue weighted by Gasteiger charge is -2.28. The van der Waals surface area contributed by atoms with Crippen molar-refractivity contribution < 1.29 is 14.2 Å². The molecule has 3 aromatic rings. The molecule has 5 nitrogen and oxygen atoms in total. The minimum absolute atomic E-state index is 0.0351. The zero-order valence-electron chi connectivity index (χ0n) is 20.0. The highest BCUT2D eigenvalue weighted by molar-refractivity contribution is 6.06. The molecule has 3 aromatic carbocycles. The van der Waals surface area contributed by atoms with E-state index in [-0.39, 0.29) is 12.1 Å². The van der Waals surface area contributed by atoms with Crippen molar-refractivity contribution in [2.75, 3.05) is 19.8 Å². The highest BCUT2D eigenvalue weighted by atomic mass is 16.5. The predicted molar refractivity (Wildman–Crippen MR) is 139 cm³/mol. The molecule has 0 saturated carbocycles. The highest BCUT2D eigenvalue weighted by Gasteiger charge is 2.45. The molecule has 0 unspecified atom stereocenters. The van der Waals surface area contributed by atoms with Gasteiger partial charge in [0.2, 0.25) is 0 Å². The van der Waals surface area contributed by atoms with Gasteiger partial charge in [0, 0.05) is 0 Å². The normalized spacial score (nSPS) is 19.3. The Morgan fingerprint density at radius 1 is 0.829 bits per heavy atom. The largest absolute Gasteiger partial charge is 0.490 e. The van der Waals surface area contributed by atoms with Crippen molar-refractivity contribution >= 4 is 11.8 Å². The van der Waals surface area contributed by atoms with Crippen LogP contribution in [0.3, 0.4) is 0 Å². The molecule has 0 spiro atoms. The Hall–Kier alpha value is -3.86. The molecule has 2 heterocycles. The number of benzene rings is 3. The number of ether oxygens (including phenoxy) is 3. The van der Waals surface area contributed by atoms with Gasteiger partial charge in [0.15, 0.2) is 11.8 Å². The molecule has 0 amide bonds. The Kier molecular flexibility index (Phi) is 6.66. The maximum Gasteiger partial charge on any atom is 0.200 e. The molecule has 0 aliphatic carbocycles. The van der Waals surface area contributed by atoms with Crippen LogP contribution in [0.25, 0.3) is 0 Å². The van der Waals surface area contributed by atoms with Gasteiger partial charge in [0.1, 0.15) is 43.1 Å². The number of hydrogen-bond acceptors (Lipinski definition) is 5. The van der Waals surface area contributed by atoms with Crippen molar-refractivity contribution in [2.24, 2.45) is 15.4 Å². The van der Waals surface area contributed by atoms with Crippen LogP contribution in [-0.2, 0) is 15.9 Å². The molecule has 0 N–H and O–H groups in total. The van der Waals surface area contributed by atoms with Crippen LogP contribution in [0.1, 0.15) is 35.7 Å². The molecule has 2 aliphatic rings. The third-order valence-electron chi connectivity index (χ3n) is 6.46. The highest BCUT2D eigenvalue weighted by Crippen LogP contribution is 2.38. The van der Waals surface area contributed by atoms with Crippen LogP contribution in [0.5, 0.6) is 5.75 Å². The van der Waals surface area contributed by atoms with Gasteiger partial charge >= 0.3 is 0 Å². The van der Waals surface area contributed by atoms with E-state index in [0.717, 1.165) is 22.4 Å². The molecule has 0 radical (unpaired) electrons. The maximum absolute atomic E-state index is 6.24. The lowest BCUT2D eigenvalue weighted by Crippen LogP contribution is -2.39. The zero-order chi connectivity index (χ0) is 24.1. The summed E-state index contributed by atoms with van der Waals surface area (Å²) >= 11 is 0. The van der Waals surface area contributed by atoms with E-state index in [9.17, 15) is 0 Å². The monoisotopic (exact) mass is 466 g/mol. The van der Waals surface area contributed by atoms with Crippen molar-refractivity contribution in [3.8, 4) is 5.75 Å². The van der Waals surface area contributed by atoms with Gasteiger partial charge in [-0.15, -0.1) is 0 Å². The average molecular weight is 467 g/mol. The van der Waals surface area contributed by atoms with Gasteiger partial charge in [-0.1, -0.05) is 85.5 Å². The molecule has 0 fully saturated rings. The fourth-order valence-corrected chi connectivity index (χ4v) is 4.55. The van der Waals surface area contributed by atoms with E-state index in [2.05, 4.69) is 49.9 Å². The summed E-state index contributed by atoms with van der Waals surface area (Å²) < 4.78 is 18.1. The topological polar surface area (TPSA) is 52.4 Å². The van der Waals surface area contributed by atoms with Crippen molar-refractivity contribution in [2.45, 2.75) is 25.4 Å². The molecular weight excluding hydrogens is 436 g/mol. The van der Waals surface area contributed by atoms with Crippen LogP contribution in [0.2, 0.25) is 0 Å². The van der Waals surface area contributed by atoms with Crippen LogP contribution in [0.4, 0.5) is 0 Å². The second-order valence-electron chi connectivity index (χ2n) is 9.10. The first-order valence-electron chi connectivity index (χ1n) is 12.0. The predicted octanol–water partition coefficient (Wildman–Crippen LogP) is 6.14. The standard InChI is InChI=1S/C30H30N2O3/c1-3-18-33-25-16-14-22(15-17-25)19-30(2,28-31-26(20-34-28)23-10-6-4-7-11-23)29-32-27(21-35-29)24-12-8-5-9-13-24/h3-17,26-27H,1,18-21H2,2H3/t26-,27-/m1/s1. The van der Waals surface area contributed by atoms with Gasteiger partial charge in [0.05, 0.1) is 0 Å². The van der Waals surface area contributed by atoms with E-state index in [1.54, 1.807) is 6.08 Å². The van der Waals surface area contributed by atoms with Crippen LogP contribution in [0, 0.1) is 5.41 Å². The van der Waals surface area contributed by atoms with Crippen LogP contribution >= 0.6 is 0 Å². The van der Waals surface area contributed by atoms with E-state index >= 15 is 0 Å². The fourth-order valence-electron chi connectivity index (χ4n) is 4.55. The van der Waals surface area contributed by atoms with Gasteiger partial charge in [-0.2, -0.15) is 0 Å². The first kappa shape index (κ1) is 22.9. The first-order valence-corrected chi connectivity index (χ1v) is 12.0. The van der Waals surface area contributed by atoms with Crippen LogP contribution in [-0.4, -0.2) is 31.6 Å². The second-order valence-corrected chi connectivity index (χ2v) is 9.10. The summed E-state index contributed by atoms with van der Waals surface area (Å²) in [5.41, 5.74) is 2.79. The fraction of sp³-hybridized carbons (Fsp3) is 0.267. The summed E-state index contributed by atoms with van der Waals surface area (Å²) in [7, 11) is 0. The molecule has 0 bridgehead atoms. The number of nitrogens with zero attached hydrogens (tertiary/aromatic N) is 2. The van der Waals surface area contributed by atoms with Crippen LogP contribution in [0.15, 0.2) is 108 Å². The van der Waals surface area contributed by atoms with Crippen molar-refractivity contribution in [1.82, 2.24) is 0 Å². The molecule has 5 rings (SSSR count). The Bertz CT molecular complexity index is 1140. The lowest BCUT2D eigenvalue weighted by atomic mass is 9.82. The van der Waals surface area contributed by atoms with Gasteiger partial charge in [-0.25, -0.2) is 9.98 Å². The third-order valence-corrected chi connectivity index (χ3v) is 6.46. The Morgan fingerprint density at radius 2 is 1.34 bits per heavy atom. The average Bonchev–Trinajstić information content (AvgIpc) is 3.61. The first-order chi connectivity index (χ1) is 17.2.